The Hall–Kier alpha value is -2.26. The number of aliphatic hydroxyl groups excluding tert-OH is 1. The minimum atomic E-state index is -0.554. The molecule has 3 nitrogen and oxygen atoms in total. The van der Waals surface area contributed by atoms with Gasteiger partial charge < -0.3 is 5.11 Å². The molecule has 0 saturated heterocycles. The summed E-state index contributed by atoms with van der Waals surface area (Å²) in [7, 11) is 0. The minimum absolute atomic E-state index is 0.513. The molecular formula is C16H14N2O. The second-order valence-electron chi connectivity index (χ2n) is 4.50. The summed E-state index contributed by atoms with van der Waals surface area (Å²) in [4.78, 5) is 8.54. The zero-order chi connectivity index (χ0) is 13.1. The second kappa shape index (κ2) is 5.16. The van der Waals surface area contributed by atoms with Crippen molar-refractivity contribution in [2.24, 2.45) is 0 Å². The van der Waals surface area contributed by atoms with E-state index in [9.17, 15) is 5.11 Å². The quantitative estimate of drug-likeness (QED) is 0.777. The van der Waals surface area contributed by atoms with Crippen LogP contribution in [0.25, 0.3) is 10.9 Å². The molecule has 3 heteroatoms. The molecule has 0 radical (unpaired) electrons. The maximum atomic E-state index is 10.3. The van der Waals surface area contributed by atoms with E-state index in [0.29, 0.717) is 6.42 Å². The number of hydrogen-bond donors (Lipinski definition) is 1. The van der Waals surface area contributed by atoms with E-state index in [0.717, 1.165) is 22.2 Å². The summed E-state index contributed by atoms with van der Waals surface area (Å²) in [6.45, 7) is 0. The van der Waals surface area contributed by atoms with Crippen molar-refractivity contribution in [3.63, 3.8) is 0 Å². The molecule has 1 unspecified atom stereocenters. The van der Waals surface area contributed by atoms with Crippen LogP contribution in [0, 0.1) is 0 Å². The molecule has 3 aromatic rings. The highest BCUT2D eigenvalue weighted by Crippen LogP contribution is 2.21. The number of hydrogen-bond acceptors (Lipinski definition) is 3. The van der Waals surface area contributed by atoms with Crippen molar-refractivity contribution in [3.05, 3.63) is 72.2 Å². The number of aliphatic hydroxyl groups is 1. The highest BCUT2D eigenvalue weighted by Gasteiger charge is 2.10. The second-order valence-corrected chi connectivity index (χ2v) is 4.50. The Morgan fingerprint density at radius 3 is 2.68 bits per heavy atom. The molecule has 0 saturated carbocycles. The average Bonchev–Trinajstić information content (AvgIpc) is 2.48. The average molecular weight is 250 g/mol. The van der Waals surface area contributed by atoms with Gasteiger partial charge in [0.1, 0.15) is 0 Å². The monoisotopic (exact) mass is 250 g/mol. The van der Waals surface area contributed by atoms with Crippen LogP contribution in [0.15, 0.2) is 60.9 Å². The van der Waals surface area contributed by atoms with Crippen LogP contribution in [0.1, 0.15) is 17.4 Å². The van der Waals surface area contributed by atoms with Crippen LogP contribution in [0.3, 0.4) is 0 Å². The van der Waals surface area contributed by atoms with Crippen molar-refractivity contribution in [3.8, 4) is 0 Å². The van der Waals surface area contributed by atoms with Crippen molar-refractivity contribution in [2.75, 3.05) is 0 Å². The lowest BCUT2D eigenvalue weighted by Crippen LogP contribution is -2.03. The van der Waals surface area contributed by atoms with Gasteiger partial charge in [0.2, 0.25) is 0 Å². The molecule has 2 heterocycles. The third-order valence-electron chi connectivity index (χ3n) is 3.14. The molecule has 1 aromatic carbocycles. The van der Waals surface area contributed by atoms with Crippen molar-refractivity contribution in [1.29, 1.82) is 0 Å². The molecule has 3 rings (SSSR count). The summed E-state index contributed by atoms with van der Waals surface area (Å²) < 4.78 is 0. The van der Waals surface area contributed by atoms with Crippen molar-refractivity contribution < 1.29 is 5.11 Å². The molecule has 94 valence electrons. The van der Waals surface area contributed by atoms with E-state index in [4.69, 9.17) is 0 Å². The summed E-state index contributed by atoms with van der Waals surface area (Å²) in [6, 6.07) is 15.5. The fourth-order valence-corrected chi connectivity index (χ4v) is 2.13. The van der Waals surface area contributed by atoms with Gasteiger partial charge in [-0.1, -0.05) is 24.3 Å². The molecule has 0 spiro atoms. The molecule has 19 heavy (non-hydrogen) atoms. The largest absolute Gasteiger partial charge is 0.388 e. The van der Waals surface area contributed by atoms with Gasteiger partial charge in [-0.05, 0) is 29.8 Å². The van der Waals surface area contributed by atoms with Gasteiger partial charge >= 0.3 is 0 Å². The third kappa shape index (κ3) is 2.61. The number of benzene rings is 1. The molecule has 0 aliphatic heterocycles. The number of nitrogens with zero attached hydrogens (tertiary/aromatic N) is 2. The summed E-state index contributed by atoms with van der Waals surface area (Å²) >= 11 is 0. The Morgan fingerprint density at radius 1 is 0.947 bits per heavy atom. The van der Waals surface area contributed by atoms with E-state index in [1.807, 2.05) is 48.5 Å². The number of rotatable bonds is 3. The number of fused-ring (bicyclic) bond motifs is 1. The predicted octanol–water partition coefficient (Wildman–Crippen LogP) is 2.91. The first kappa shape index (κ1) is 11.8. The zero-order valence-corrected chi connectivity index (χ0v) is 10.4. The van der Waals surface area contributed by atoms with Crippen LogP contribution in [0.4, 0.5) is 0 Å². The van der Waals surface area contributed by atoms with Crippen molar-refractivity contribution in [2.45, 2.75) is 12.5 Å². The van der Waals surface area contributed by atoms with Gasteiger partial charge in [0.15, 0.2) is 0 Å². The van der Waals surface area contributed by atoms with Crippen LogP contribution in [0.5, 0.6) is 0 Å². The van der Waals surface area contributed by atoms with Crippen LogP contribution < -0.4 is 0 Å². The molecule has 0 aliphatic carbocycles. The van der Waals surface area contributed by atoms with E-state index in [2.05, 4.69) is 9.97 Å². The first-order valence-electron chi connectivity index (χ1n) is 6.25. The van der Waals surface area contributed by atoms with E-state index >= 15 is 0 Å². The van der Waals surface area contributed by atoms with E-state index in [1.165, 1.54) is 0 Å². The van der Waals surface area contributed by atoms with E-state index in [-0.39, 0.29) is 0 Å². The summed E-state index contributed by atoms with van der Waals surface area (Å²) in [6.07, 6.45) is 3.46. The minimum Gasteiger partial charge on any atom is -0.388 e. The first-order chi connectivity index (χ1) is 9.33. The number of pyridine rings is 2. The van der Waals surface area contributed by atoms with Gasteiger partial charge in [-0.25, -0.2) is 0 Å². The van der Waals surface area contributed by atoms with Crippen LogP contribution in [-0.2, 0) is 6.42 Å². The maximum Gasteiger partial charge on any atom is 0.0846 e. The van der Waals surface area contributed by atoms with Crippen LogP contribution in [-0.4, -0.2) is 15.1 Å². The topological polar surface area (TPSA) is 46.0 Å². The Balaban J connectivity index is 1.87. The predicted molar refractivity (Wildman–Crippen MR) is 74.6 cm³/mol. The van der Waals surface area contributed by atoms with Gasteiger partial charge in [0.05, 0.1) is 11.6 Å². The lowest BCUT2D eigenvalue weighted by Gasteiger charge is -2.11. The third-order valence-corrected chi connectivity index (χ3v) is 3.14. The van der Waals surface area contributed by atoms with Crippen molar-refractivity contribution in [1.82, 2.24) is 9.97 Å². The van der Waals surface area contributed by atoms with Gasteiger partial charge in [0, 0.05) is 29.9 Å². The smallest absolute Gasteiger partial charge is 0.0846 e. The maximum absolute atomic E-state index is 10.3. The standard InChI is InChI=1S/C16H14N2O/c19-16(11-14-5-1-2-8-17-14)13-7-6-12-4-3-9-18-15(12)10-13/h1-10,16,19H,11H2. The van der Waals surface area contributed by atoms with Gasteiger partial charge in [-0.3, -0.25) is 9.97 Å². The molecule has 0 amide bonds. The summed E-state index contributed by atoms with van der Waals surface area (Å²) in [5.74, 6) is 0. The SMILES string of the molecule is OC(Cc1ccccn1)c1ccc2cccnc2c1. The zero-order valence-electron chi connectivity index (χ0n) is 10.4. The van der Waals surface area contributed by atoms with Crippen LogP contribution >= 0.6 is 0 Å². The molecule has 2 aromatic heterocycles. The Morgan fingerprint density at radius 2 is 1.84 bits per heavy atom. The Kier molecular flexibility index (Phi) is 3.21. The highest BCUT2D eigenvalue weighted by atomic mass is 16.3. The Bertz CT molecular complexity index is 682. The van der Waals surface area contributed by atoms with Gasteiger partial charge in [0.25, 0.3) is 0 Å². The normalized spacial score (nSPS) is 12.5. The molecular weight excluding hydrogens is 236 g/mol. The fraction of sp³-hybridized carbons (Fsp3) is 0.125. The molecule has 1 atom stereocenters. The molecule has 0 fully saturated rings. The fourth-order valence-electron chi connectivity index (χ4n) is 2.13. The van der Waals surface area contributed by atoms with Crippen LogP contribution in [0.2, 0.25) is 0 Å². The number of aromatic nitrogens is 2. The molecule has 0 bridgehead atoms. The Labute approximate surface area is 111 Å². The van der Waals surface area contributed by atoms with Gasteiger partial charge in [-0.2, -0.15) is 0 Å². The lowest BCUT2D eigenvalue weighted by atomic mass is 10.0. The summed E-state index contributed by atoms with van der Waals surface area (Å²) in [5, 5.41) is 11.3. The van der Waals surface area contributed by atoms with Gasteiger partial charge in [-0.15, -0.1) is 0 Å². The highest BCUT2D eigenvalue weighted by molar-refractivity contribution is 5.78. The first-order valence-corrected chi connectivity index (χ1v) is 6.25. The molecule has 1 N–H and O–H groups in total. The lowest BCUT2D eigenvalue weighted by molar-refractivity contribution is 0.177. The summed E-state index contributed by atoms with van der Waals surface area (Å²) in [5.41, 5.74) is 2.66. The van der Waals surface area contributed by atoms with E-state index < -0.39 is 6.10 Å². The molecule has 0 aliphatic rings. The van der Waals surface area contributed by atoms with Crippen molar-refractivity contribution >= 4 is 10.9 Å². The van der Waals surface area contributed by atoms with E-state index in [1.54, 1.807) is 12.4 Å².